The van der Waals surface area contributed by atoms with E-state index in [1.165, 1.54) is 24.8 Å². The van der Waals surface area contributed by atoms with Gasteiger partial charge in [0, 0.05) is 12.2 Å². The highest BCUT2D eigenvalue weighted by atomic mass is 16.5. The second-order valence-corrected chi connectivity index (χ2v) is 5.39. The number of aromatic nitrogens is 1. The van der Waals surface area contributed by atoms with E-state index in [4.69, 9.17) is 4.74 Å². The minimum atomic E-state index is 0.199. The van der Waals surface area contributed by atoms with Crippen molar-refractivity contribution < 1.29 is 4.74 Å². The van der Waals surface area contributed by atoms with Crippen molar-refractivity contribution in [3.63, 3.8) is 0 Å². The van der Waals surface area contributed by atoms with Gasteiger partial charge in [-0.15, -0.1) is 0 Å². The first-order valence-corrected chi connectivity index (χ1v) is 7.05. The number of rotatable bonds is 7. The van der Waals surface area contributed by atoms with E-state index in [-0.39, 0.29) is 6.10 Å². The number of nitrogens with one attached hydrogen (secondary N) is 1. The van der Waals surface area contributed by atoms with Gasteiger partial charge < -0.3 is 10.1 Å². The van der Waals surface area contributed by atoms with Gasteiger partial charge in [-0.1, -0.05) is 6.92 Å². The third-order valence-electron chi connectivity index (χ3n) is 3.17. The topological polar surface area (TPSA) is 34.2 Å². The van der Waals surface area contributed by atoms with Crippen LogP contribution >= 0.6 is 0 Å². The van der Waals surface area contributed by atoms with Crippen molar-refractivity contribution in [3.05, 3.63) is 24.0 Å². The van der Waals surface area contributed by atoms with Gasteiger partial charge in [0.25, 0.3) is 0 Å². The summed E-state index contributed by atoms with van der Waals surface area (Å²) in [5, 5.41) is 3.63. The van der Waals surface area contributed by atoms with Gasteiger partial charge in [0.15, 0.2) is 0 Å². The third-order valence-corrected chi connectivity index (χ3v) is 3.17. The second kappa shape index (κ2) is 6.19. The van der Waals surface area contributed by atoms with Crippen LogP contribution in [0.2, 0.25) is 0 Å². The van der Waals surface area contributed by atoms with Gasteiger partial charge in [0.05, 0.1) is 12.3 Å². The highest BCUT2D eigenvalue weighted by Gasteiger charge is 2.32. The van der Waals surface area contributed by atoms with Crippen LogP contribution < -0.4 is 10.1 Å². The van der Waals surface area contributed by atoms with Crippen LogP contribution in [0.1, 0.15) is 51.6 Å². The van der Waals surface area contributed by atoms with Gasteiger partial charge in [-0.2, -0.15) is 0 Å². The molecule has 100 valence electrons. The molecule has 1 aromatic heterocycles. The van der Waals surface area contributed by atoms with Crippen LogP contribution in [0.5, 0.6) is 5.75 Å². The molecule has 2 rings (SSSR count). The molecule has 1 unspecified atom stereocenters. The molecular weight excluding hydrogens is 224 g/mol. The Morgan fingerprint density at radius 2 is 2.17 bits per heavy atom. The van der Waals surface area contributed by atoms with E-state index in [9.17, 15) is 0 Å². The van der Waals surface area contributed by atoms with E-state index in [0.29, 0.717) is 6.04 Å². The Balaban J connectivity index is 2.08. The maximum absolute atomic E-state index is 5.72. The molecule has 0 saturated heterocycles. The zero-order chi connectivity index (χ0) is 13.0. The van der Waals surface area contributed by atoms with Crippen LogP contribution in [0.3, 0.4) is 0 Å². The van der Waals surface area contributed by atoms with E-state index in [1.807, 2.05) is 20.0 Å². The average Bonchev–Trinajstić information content (AvgIpc) is 3.14. The van der Waals surface area contributed by atoms with E-state index in [1.54, 1.807) is 6.20 Å². The van der Waals surface area contributed by atoms with Gasteiger partial charge in [-0.25, -0.2) is 0 Å². The zero-order valence-corrected chi connectivity index (χ0v) is 11.6. The minimum absolute atomic E-state index is 0.199. The average molecular weight is 248 g/mol. The van der Waals surface area contributed by atoms with Crippen molar-refractivity contribution in [2.45, 2.75) is 52.2 Å². The molecule has 0 amide bonds. The Morgan fingerprint density at radius 3 is 2.78 bits per heavy atom. The lowest BCUT2D eigenvalue weighted by molar-refractivity contribution is 0.241. The van der Waals surface area contributed by atoms with Gasteiger partial charge in [-0.05, 0) is 57.2 Å². The first kappa shape index (κ1) is 13.3. The Bertz CT molecular complexity index is 375. The van der Waals surface area contributed by atoms with Crippen LogP contribution in [0, 0.1) is 5.92 Å². The zero-order valence-electron chi connectivity index (χ0n) is 11.6. The summed E-state index contributed by atoms with van der Waals surface area (Å²) in [5.41, 5.74) is 1.27. The van der Waals surface area contributed by atoms with E-state index in [0.717, 1.165) is 18.2 Å². The van der Waals surface area contributed by atoms with Crippen molar-refractivity contribution in [1.29, 1.82) is 0 Å². The summed E-state index contributed by atoms with van der Waals surface area (Å²) in [7, 11) is 0. The van der Waals surface area contributed by atoms with Crippen molar-refractivity contribution in [3.8, 4) is 5.75 Å². The molecule has 0 radical (unpaired) electrons. The summed E-state index contributed by atoms with van der Waals surface area (Å²) in [4.78, 5) is 4.31. The molecule has 0 aromatic carbocycles. The molecule has 1 saturated carbocycles. The van der Waals surface area contributed by atoms with Gasteiger partial charge in [0.1, 0.15) is 5.75 Å². The number of hydrogen-bond donors (Lipinski definition) is 1. The monoisotopic (exact) mass is 248 g/mol. The van der Waals surface area contributed by atoms with Crippen LogP contribution in [0.25, 0.3) is 0 Å². The summed E-state index contributed by atoms with van der Waals surface area (Å²) in [5.74, 6) is 1.67. The molecule has 3 heteroatoms. The molecule has 3 nitrogen and oxygen atoms in total. The molecule has 1 atom stereocenters. The molecule has 0 aliphatic heterocycles. The first-order valence-electron chi connectivity index (χ1n) is 7.05. The molecule has 0 bridgehead atoms. The summed E-state index contributed by atoms with van der Waals surface area (Å²) in [6.45, 7) is 7.35. The lowest BCUT2D eigenvalue weighted by Gasteiger charge is -2.19. The molecule has 0 spiro atoms. The summed E-state index contributed by atoms with van der Waals surface area (Å²) in [6, 6.07) is 2.59. The molecule has 1 heterocycles. The van der Waals surface area contributed by atoms with Gasteiger partial charge in [-0.3, -0.25) is 4.98 Å². The lowest BCUT2D eigenvalue weighted by atomic mass is 10.0. The van der Waals surface area contributed by atoms with Crippen molar-refractivity contribution >= 4 is 0 Å². The number of pyridine rings is 1. The van der Waals surface area contributed by atoms with Crippen LogP contribution in [0.15, 0.2) is 18.5 Å². The summed E-state index contributed by atoms with van der Waals surface area (Å²) >= 11 is 0. The highest BCUT2D eigenvalue weighted by molar-refractivity contribution is 5.27. The van der Waals surface area contributed by atoms with E-state index in [2.05, 4.69) is 23.3 Å². The minimum Gasteiger partial charge on any atom is -0.489 e. The molecule has 1 aliphatic rings. The van der Waals surface area contributed by atoms with Crippen LogP contribution in [0.4, 0.5) is 0 Å². The Kier molecular flexibility index (Phi) is 4.59. The quantitative estimate of drug-likeness (QED) is 0.803. The molecule has 1 N–H and O–H groups in total. The predicted octanol–water partition coefficient (Wildman–Crippen LogP) is 3.32. The molecular formula is C15H24N2O. The second-order valence-electron chi connectivity index (χ2n) is 5.39. The summed E-state index contributed by atoms with van der Waals surface area (Å²) < 4.78 is 5.72. The number of nitrogens with zero attached hydrogens (tertiary/aromatic N) is 1. The van der Waals surface area contributed by atoms with Crippen molar-refractivity contribution in [1.82, 2.24) is 10.3 Å². The Morgan fingerprint density at radius 1 is 1.39 bits per heavy atom. The Hall–Kier alpha value is -1.09. The van der Waals surface area contributed by atoms with E-state index < -0.39 is 0 Å². The van der Waals surface area contributed by atoms with Crippen molar-refractivity contribution in [2.24, 2.45) is 5.92 Å². The number of hydrogen-bond acceptors (Lipinski definition) is 3. The SMILES string of the molecule is CCCNC(c1cncc(OC(C)C)c1)C1CC1. The van der Waals surface area contributed by atoms with Crippen LogP contribution in [-0.2, 0) is 0 Å². The van der Waals surface area contributed by atoms with Gasteiger partial charge >= 0.3 is 0 Å². The largest absolute Gasteiger partial charge is 0.489 e. The fourth-order valence-corrected chi connectivity index (χ4v) is 2.23. The van der Waals surface area contributed by atoms with Crippen molar-refractivity contribution in [2.75, 3.05) is 6.54 Å². The predicted molar refractivity (Wildman–Crippen MR) is 73.8 cm³/mol. The van der Waals surface area contributed by atoms with Gasteiger partial charge in [0.2, 0.25) is 0 Å². The van der Waals surface area contributed by atoms with E-state index >= 15 is 0 Å². The third kappa shape index (κ3) is 3.70. The highest BCUT2D eigenvalue weighted by Crippen LogP contribution is 2.41. The maximum atomic E-state index is 5.72. The molecule has 1 aliphatic carbocycles. The standard InChI is InChI=1S/C15H24N2O/c1-4-7-17-15(12-5-6-12)13-8-14(10-16-9-13)18-11(2)3/h8-12,15,17H,4-7H2,1-3H3. The van der Waals surface area contributed by atoms with Crippen LogP contribution in [-0.4, -0.2) is 17.6 Å². The maximum Gasteiger partial charge on any atom is 0.138 e. The first-order chi connectivity index (χ1) is 8.70. The number of ether oxygens (including phenoxy) is 1. The normalized spacial score (nSPS) is 16.9. The fraction of sp³-hybridized carbons (Fsp3) is 0.667. The summed E-state index contributed by atoms with van der Waals surface area (Å²) in [6.07, 6.45) is 7.79. The molecule has 18 heavy (non-hydrogen) atoms. The molecule has 1 aromatic rings. The lowest BCUT2D eigenvalue weighted by Crippen LogP contribution is -2.24. The molecule has 1 fully saturated rings. The fourth-order valence-electron chi connectivity index (χ4n) is 2.23. The smallest absolute Gasteiger partial charge is 0.138 e. The Labute approximate surface area is 110 Å².